The van der Waals surface area contributed by atoms with E-state index in [1.165, 1.54) is 0 Å². The Kier molecular flexibility index (Phi) is 5.10. The van der Waals surface area contributed by atoms with E-state index in [1.54, 1.807) is 30.5 Å². The number of hydrogen-bond donors (Lipinski definition) is 1. The van der Waals surface area contributed by atoms with Gasteiger partial charge in [0.05, 0.1) is 18.3 Å². The highest BCUT2D eigenvalue weighted by Gasteiger charge is 2.26. The first-order chi connectivity index (χ1) is 9.74. The summed E-state index contributed by atoms with van der Waals surface area (Å²) in [5.74, 6) is 5.66. The predicted octanol–water partition coefficient (Wildman–Crippen LogP) is 0.676. The van der Waals surface area contributed by atoms with Crippen molar-refractivity contribution in [3.8, 4) is 11.8 Å². The molecule has 1 amide bonds. The standard InChI is InChI=1S/C15H18N2O3/c1-20-14-5-6-17(11-14)15(19)13-8-12(9-16-10-13)4-2-3-7-18/h8-10,14,18H,3,5-7,11H2,1H3. The van der Waals surface area contributed by atoms with Crippen molar-refractivity contribution < 1.29 is 14.6 Å². The fourth-order valence-corrected chi connectivity index (χ4v) is 2.13. The van der Waals surface area contributed by atoms with E-state index < -0.39 is 0 Å². The number of likely N-dealkylation sites (tertiary alicyclic amines) is 1. The lowest BCUT2D eigenvalue weighted by atomic mass is 10.2. The minimum atomic E-state index is -0.0390. The summed E-state index contributed by atoms with van der Waals surface area (Å²) in [5, 5.41) is 8.69. The summed E-state index contributed by atoms with van der Waals surface area (Å²) in [6.07, 6.45) is 4.58. The Morgan fingerprint density at radius 3 is 3.15 bits per heavy atom. The van der Waals surface area contributed by atoms with Crippen LogP contribution in [0.2, 0.25) is 0 Å². The molecule has 1 fully saturated rings. The van der Waals surface area contributed by atoms with Gasteiger partial charge in [-0.1, -0.05) is 11.8 Å². The van der Waals surface area contributed by atoms with E-state index in [0.29, 0.717) is 30.6 Å². The molecule has 20 heavy (non-hydrogen) atoms. The van der Waals surface area contributed by atoms with Gasteiger partial charge in [0.1, 0.15) is 0 Å². The Morgan fingerprint density at radius 1 is 1.60 bits per heavy atom. The van der Waals surface area contributed by atoms with Crippen LogP contribution < -0.4 is 0 Å². The van der Waals surface area contributed by atoms with Gasteiger partial charge in [-0.05, 0) is 12.5 Å². The minimum absolute atomic E-state index is 0.0330. The molecule has 106 valence electrons. The Labute approximate surface area is 118 Å². The number of methoxy groups -OCH3 is 1. The van der Waals surface area contributed by atoms with Crippen LogP contribution in [0, 0.1) is 11.8 Å². The van der Waals surface area contributed by atoms with E-state index >= 15 is 0 Å². The highest BCUT2D eigenvalue weighted by Crippen LogP contribution is 2.15. The lowest BCUT2D eigenvalue weighted by Crippen LogP contribution is -2.30. The van der Waals surface area contributed by atoms with Crippen molar-refractivity contribution in [1.82, 2.24) is 9.88 Å². The van der Waals surface area contributed by atoms with Crippen LogP contribution in [-0.4, -0.2) is 53.8 Å². The van der Waals surface area contributed by atoms with E-state index in [2.05, 4.69) is 16.8 Å². The summed E-state index contributed by atoms with van der Waals surface area (Å²) < 4.78 is 5.26. The lowest BCUT2D eigenvalue weighted by Gasteiger charge is -2.15. The fourth-order valence-electron chi connectivity index (χ4n) is 2.13. The zero-order valence-corrected chi connectivity index (χ0v) is 11.5. The number of carbonyl (C=O) groups is 1. The molecule has 2 rings (SSSR count). The number of pyridine rings is 1. The molecule has 5 nitrogen and oxygen atoms in total. The predicted molar refractivity (Wildman–Crippen MR) is 74.1 cm³/mol. The zero-order chi connectivity index (χ0) is 14.4. The van der Waals surface area contributed by atoms with Crippen molar-refractivity contribution in [2.75, 3.05) is 26.8 Å². The van der Waals surface area contributed by atoms with Gasteiger partial charge in [0.15, 0.2) is 0 Å². The molecule has 0 radical (unpaired) electrons. The second kappa shape index (κ2) is 7.04. The molecule has 1 unspecified atom stereocenters. The van der Waals surface area contributed by atoms with Gasteiger partial charge in [0.2, 0.25) is 0 Å². The van der Waals surface area contributed by atoms with Gasteiger partial charge in [-0.15, -0.1) is 0 Å². The summed E-state index contributed by atoms with van der Waals surface area (Å²) in [4.78, 5) is 18.2. The summed E-state index contributed by atoms with van der Waals surface area (Å²) in [7, 11) is 1.66. The number of ether oxygens (including phenoxy) is 1. The van der Waals surface area contributed by atoms with Crippen LogP contribution in [0.4, 0.5) is 0 Å². The number of amides is 1. The summed E-state index contributed by atoms with van der Waals surface area (Å²) in [5.41, 5.74) is 1.23. The largest absolute Gasteiger partial charge is 0.395 e. The molecule has 1 N–H and O–H groups in total. The van der Waals surface area contributed by atoms with Crippen LogP contribution in [0.25, 0.3) is 0 Å². The normalized spacial score (nSPS) is 17.7. The van der Waals surface area contributed by atoms with Crippen LogP contribution in [0.15, 0.2) is 18.5 Å². The number of nitrogens with zero attached hydrogens (tertiary/aromatic N) is 2. The van der Waals surface area contributed by atoms with Crippen LogP contribution >= 0.6 is 0 Å². The fraction of sp³-hybridized carbons (Fsp3) is 0.467. The molecule has 1 aromatic heterocycles. The van der Waals surface area contributed by atoms with Crippen LogP contribution in [0.3, 0.4) is 0 Å². The molecule has 0 bridgehead atoms. The smallest absolute Gasteiger partial charge is 0.255 e. The Balaban J connectivity index is 2.07. The van der Waals surface area contributed by atoms with Gasteiger partial charge in [-0.2, -0.15) is 0 Å². The molecule has 0 aliphatic carbocycles. The third-order valence-electron chi connectivity index (χ3n) is 3.22. The molecule has 1 aliphatic heterocycles. The highest BCUT2D eigenvalue weighted by molar-refractivity contribution is 5.94. The van der Waals surface area contributed by atoms with Gasteiger partial charge >= 0.3 is 0 Å². The summed E-state index contributed by atoms with van der Waals surface area (Å²) in [6.45, 7) is 1.36. The van der Waals surface area contributed by atoms with Gasteiger partial charge in [0, 0.05) is 44.6 Å². The van der Waals surface area contributed by atoms with Crippen molar-refractivity contribution in [2.24, 2.45) is 0 Å². The van der Waals surface area contributed by atoms with Crippen molar-refractivity contribution in [1.29, 1.82) is 0 Å². The number of aliphatic hydroxyl groups is 1. The Morgan fingerprint density at radius 2 is 2.45 bits per heavy atom. The van der Waals surface area contributed by atoms with Crippen LogP contribution in [0.5, 0.6) is 0 Å². The molecule has 2 heterocycles. The van der Waals surface area contributed by atoms with Gasteiger partial charge < -0.3 is 14.7 Å². The van der Waals surface area contributed by atoms with Crippen molar-refractivity contribution in [2.45, 2.75) is 18.9 Å². The first kappa shape index (κ1) is 14.5. The highest BCUT2D eigenvalue weighted by atomic mass is 16.5. The molecule has 5 heteroatoms. The number of rotatable bonds is 3. The molecule has 1 aromatic rings. The third-order valence-corrected chi connectivity index (χ3v) is 3.22. The number of hydrogen-bond acceptors (Lipinski definition) is 4. The van der Waals surface area contributed by atoms with E-state index in [4.69, 9.17) is 9.84 Å². The molecule has 0 spiro atoms. The van der Waals surface area contributed by atoms with Crippen molar-refractivity contribution >= 4 is 5.91 Å². The van der Waals surface area contributed by atoms with Gasteiger partial charge in [0.25, 0.3) is 5.91 Å². The quantitative estimate of drug-likeness (QED) is 0.823. The SMILES string of the molecule is COC1CCN(C(=O)c2cncc(C#CCCO)c2)C1. The second-order valence-corrected chi connectivity index (χ2v) is 4.64. The monoisotopic (exact) mass is 274 g/mol. The molecular weight excluding hydrogens is 256 g/mol. The summed E-state index contributed by atoms with van der Waals surface area (Å²) >= 11 is 0. The first-order valence-electron chi connectivity index (χ1n) is 6.61. The summed E-state index contributed by atoms with van der Waals surface area (Å²) in [6, 6.07) is 1.74. The molecule has 1 aliphatic rings. The maximum atomic E-state index is 12.3. The van der Waals surface area contributed by atoms with Crippen LogP contribution in [0.1, 0.15) is 28.8 Å². The maximum Gasteiger partial charge on any atom is 0.255 e. The second-order valence-electron chi connectivity index (χ2n) is 4.64. The molecular formula is C15H18N2O3. The molecule has 1 saturated heterocycles. The lowest BCUT2D eigenvalue weighted by molar-refractivity contribution is 0.0724. The topological polar surface area (TPSA) is 62.7 Å². The van der Waals surface area contributed by atoms with Crippen molar-refractivity contribution in [3.05, 3.63) is 29.6 Å². The van der Waals surface area contributed by atoms with E-state index in [-0.39, 0.29) is 18.6 Å². The first-order valence-corrected chi connectivity index (χ1v) is 6.61. The Bertz CT molecular complexity index is 533. The van der Waals surface area contributed by atoms with Gasteiger partial charge in [-0.3, -0.25) is 9.78 Å². The van der Waals surface area contributed by atoms with Crippen molar-refractivity contribution in [3.63, 3.8) is 0 Å². The van der Waals surface area contributed by atoms with E-state index in [1.807, 2.05) is 0 Å². The number of aromatic nitrogens is 1. The van der Waals surface area contributed by atoms with E-state index in [0.717, 1.165) is 6.42 Å². The third kappa shape index (κ3) is 3.56. The number of carbonyl (C=O) groups excluding carboxylic acids is 1. The maximum absolute atomic E-state index is 12.3. The van der Waals surface area contributed by atoms with Crippen LogP contribution in [-0.2, 0) is 4.74 Å². The zero-order valence-electron chi connectivity index (χ0n) is 11.5. The molecule has 0 aromatic carbocycles. The Hall–Kier alpha value is -1.90. The average molecular weight is 274 g/mol. The van der Waals surface area contributed by atoms with E-state index in [9.17, 15) is 4.79 Å². The molecule has 0 saturated carbocycles. The van der Waals surface area contributed by atoms with Gasteiger partial charge in [-0.25, -0.2) is 0 Å². The average Bonchev–Trinajstić information content (AvgIpc) is 2.96. The molecule has 1 atom stereocenters. The number of aliphatic hydroxyl groups excluding tert-OH is 1. The minimum Gasteiger partial charge on any atom is -0.395 e.